The van der Waals surface area contributed by atoms with Crippen LogP contribution in [0.25, 0.3) is 0 Å². The lowest BCUT2D eigenvalue weighted by Gasteiger charge is -2.39. The lowest BCUT2D eigenvalue weighted by atomic mass is 9.93. The van der Waals surface area contributed by atoms with Gasteiger partial charge in [-0.3, -0.25) is 9.59 Å². The summed E-state index contributed by atoms with van der Waals surface area (Å²) in [4.78, 5) is 25.9. The number of carbonyl (C=O) groups excluding carboxylic acids is 2. The fourth-order valence-corrected chi connectivity index (χ4v) is 3.41. The fourth-order valence-electron chi connectivity index (χ4n) is 2.77. The van der Waals surface area contributed by atoms with E-state index in [4.69, 9.17) is 0 Å². The molecule has 5 heteroatoms. The van der Waals surface area contributed by atoms with Crippen LogP contribution in [0.2, 0.25) is 0 Å². The van der Waals surface area contributed by atoms with Crippen molar-refractivity contribution in [1.82, 2.24) is 5.32 Å². The minimum atomic E-state index is -0.614. The van der Waals surface area contributed by atoms with Crippen LogP contribution >= 0.6 is 11.3 Å². The molecule has 0 unspecified atom stereocenters. The highest BCUT2D eigenvalue weighted by molar-refractivity contribution is 7.08. The molecular formula is C12H14N2O2S. The Morgan fingerprint density at radius 2 is 2.06 bits per heavy atom. The van der Waals surface area contributed by atoms with Gasteiger partial charge in [0.1, 0.15) is 12.1 Å². The number of nitrogens with one attached hydrogen (secondary N) is 1. The molecule has 1 aliphatic carbocycles. The summed E-state index contributed by atoms with van der Waals surface area (Å²) in [6.07, 6.45) is 3.59. The largest absolute Gasteiger partial charge is 0.340 e. The van der Waals surface area contributed by atoms with E-state index in [1.54, 1.807) is 16.2 Å². The van der Waals surface area contributed by atoms with Crippen LogP contribution in [-0.2, 0) is 9.59 Å². The topological polar surface area (TPSA) is 49.4 Å². The molecule has 1 spiro atoms. The van der Waals surface area contributed by atoms with E-state index in [2.05, 4.69) is 5.32 Å². The molecule has 1 aliphatic heterocycles. The predicted molar refractivity (Wildman–Crippen MR) is 66.0 cm³/mol. The van der Waals surface area contributed by atoms with Gasteiger partial charge >= 0.3 is 0 Å². The number of hydrogen-bond acceptors (Lipinski definition) is 3. The summed E-state index contributed by atoms with van der Waals surface area (Å²) < 4.78 is 0. The Hall–Kier alpha value is -1.36. The van der Waals surface area contributed by atoms with Crippen molar-refractivity contribution >= 4 is 28.8 Å². The standard InChI is InChI=1S/C12H14N2O2S/c15-10-7-14(9-3-6-17-8-9)11(16)12(13-10)4-1-2-5-12/h3,6,8H,1-2,4-5,7H2,(H,13,15). The molecule has 0 radical (unpaired) electrons. The first kappa shape index (κ1) is 10.8. The van der Waals surface area contributed by atoms with Gasteiger partial charge in [-0.1, -0.05) is 12.8 Å². The zero-order chi connectivity index (χ0) is 11.9. The van der Waals surface area contributed by atoms with Gasteiger partial charge in [0.15, 0.2) is 0 Å². The van der Waals surface area contributed by atoms with E-state index in [1.165, 1.54) is 0 Å². The highest BCUT2D eigenvalue weighted by Crippen LogP contribution is 2.35. The summed E-state index contributed by atoms with van der Waals surface area (Å²) in [6.45, 7) is 0.150. The second kappa shape index (κ2) is 3.84. The number of carbonyl (C=O) groups is 2. The van der Waals surface area contributed by atoms with Crippen molar-refractivity contribution in [3.63, 3.8) is 0 Å². The van der Waals surface area contributed by atoms with Crippen LogP contribution in [0.3, 0.4) is 0 Å². The van der Waals surface area contributed by atoms with Crippen molar-refractivity contribution in [1.29, 1.82) is 0 Å². The molecule has 2 heterocycles. The SMILES string of the molecule is O=C1CN(c2ccsc2)C(=O)C2(CCCC2)N1. The van der Waals surface area contributed by atoms with Gasteiger partial charge in [-0.2, -0.15) is 11.3 Å². The quantitative estimate of drug-likeness (QED) is 0.821. The van der Waals surface area contributed by atoms with Crippen LogP contribution in [0.5, 0.6) is 0 Å². The van der Waals surface area contributed by atoms with Crippen molar-refractivity contribution < 1.29 is 9.59 Å². The highest BCUT2D eigenvalue weighted by Gasteiger charge is 2.48. The minimum absolute atomic E-state index is 0.0438. The van der Waals surface area contributed by atoms with Gasteiger partial charge in [-0.15, -0.1) is 0 Å². The van der Waals surface area contributed by atoms with Crippen LogP contribution in [-0.4, -0.2) is 23.9 Å². The van der Waals surface area contributed by atoms with E-state index in [1.807, 2.05) is 16.8 Å². The van der Waals surface area contributed by atoms with Crippen LogP contribution in [0.1, 0.15) is 25.7 Å². The maximum atomic E-state index is 12.5. The number of hydrogen-bond donors (Lipinski definition) is 1. The monoisotopic (exact) mass is 250 g/mol. The zero-order valence-corrected chi connectivity index (χ0v) is 10.3. The Balaban J connectivity index is 1.95. The molecule has 0 atom stereocenters. The summed E-state index contributed by atoms with van der Waals surface area (Å²) in [7, 11) is 0. The van der Waals surface area contributed by atoms with E-state index in [9.17, 15) is 9.59 Å². The first-order valence-corrected chi connectivity index (χ1v) is 6.81. The molecule has 0 aromatic carbocycles. The third-order valence-corrected chi connectivity index (χ3v) is 4.28. The Morgan fingerprint density at radius 1 is 1.29 bits per heavy atom. The number of nitrogens with zero attached hydrogens (tertiary/aromatic N) is 1. The number of amides is 2. The van der Waals surface area contributed by atoms with Crippen molar-refractivity contribution in [3.05, 3.63) is 16.8 Å². The lowest BCUT2D eigenvalue weighted by molar-refractivity contribution is -0.135. The molecule has 17 heavy (non-hydrogen) atoms. The summed E-state index contributed by atoms with van der Waals surface area (Å²) in [5, 5.41) is 6.75. The van der Waals surface area contributed by atoms with E-state index in [-0.39, 0.29) is 18.4 Å². The van der Waals surface area contributed by atoms with Gasteiger partial charge in [0, 0.05) is 5.38 Å². The second-order valence-corrected chi connectivity index (χ2v) is 5.49. The first-order chi connectivity index (χ1) is 8.21. The summed E-state index contributed by atoms with van der Waals surface area (Å²) >= 11 is 1.54. The maximum Gasteiger partial charge on any atom is 0.253 e. The number of thiophene rings is 1. The average Bonchev–Trinajstić information content (AvgIpc) is 2.95. The predicted octanol–water partition coefficient (Wildman–Crippen LogP) is 1.52. The molecule has 4 nitrogen and oxygen atoms in total. The highest BCUT2D eigenvalue weighted by atomic mass is 32.1. The molecule has 0 bridgehead atoms. The smallest absolute Gasteiger partial charge is 0.253 e. The van der Waals surface area contributed by atoms with Crippen LogP contribution < -0.4 is 10.2 Å². The lowest BCUT2D eigenvalue weighted by Crippen LogP contribution is -2.65. The summed E-state index contributed by atoms with van der Waals surface area (Å²) in [5.41, 5.74) is 0.234. The van der Waals surface area contributed by atoms with Gasteiger partial charge in [-0.25, -0.2) is 0 Å². The molecule has 1 N–H and O–H groups in total. The molecule has 2 fully saturated rings. The minimum Gasteiger partial charge on any atom is -0.340 e. The van der Waals surface area contributed by atoms with Gasteiger partial charge in [0.05, 0.1) is 5.69 Å². The van der Waals surface area contributed by atoms with E-state index >= 15 is 0 Å². The molecule has 90 valence electrons. The van der Waals surface area contributed by atoms with Crippen molar-refractivity contribution in [2.24, 2.45) is 0 Å². The number of rotatable bonds is 1. The van der Waals surface area contributed by atoms with Crippen LogP contribution in [0.4, 0.5) is 5.69 Å². The van der Waals surface area contributed by atoms with Gasteiger partial charge in [-0.05, 0) is 24.3 Å². The summed E-state index contributed by atoms with van der Waals surface area (Å²) in [5.74, 6) is 0.0192. The van der Waals surface area contributed by atoms with Crippen molar-refractivity contribution in [2.45, 2.75) is 31.2 Å². The zero-order valence-electron chi connectivity index (χ0n) is 9.44. The van der Waals surface area contributed by atoms with Gasteiger partial charge in [0.25, 0.3) is 5.91 Å². The first-order valence-electron chi connectivity index (χ1n) is 5.86. The Morgan fingerprint density at radius 3 is 2.71 bits per heavy atom. The van der Waals surface area contributed by atoms with E-state index in [0.717, 1.165) is 31.4 Å². The number of piperazine rings is 1. The molecule has 2 amide bonds. The average molecular weight is 250 g/mol. The van der Waals surface area contributed by atoms with E-state index < -0.39 is 5.54 Å². The Kier molecular flexibility index (Phi) is 2.43. The van der Waals surface area contributed by atoms with Crippen molar-refractivity contribution in [3.8, 4) is 0 Å². The van der Waals surface area contributed by atoms with Crippen LogP contribution in [0, 0.1) is 0 Å². The molecule has 1 aromatic heterocycles. The third kappa shape index (κ3) is 1.65. The number of anilines is 1. The normalized spacial score (nSPS) is 23.2. The fraction of sp³-hybridized carbons (Fsp3) is 0.500. The molecule has 1 saturated carbocycles. The van der Waals surface area contributed by atoms with Crippen molar-refractivity contribution in [2.75, 3.05) is 11.4 Å². The van der Waals surface area contributed by atoms with Gasteiger partial charge < -0.3 is 10.2 Å². The Labute approximate surface area is 104 Å². The molecule has 3 rings (SSSR count). The van der Waals surface area contributed by atoms with Crippen LogP contribution in [0.15, 0.2) is 16.8 Å². The summed E-state index contributed by atoms with van der Waals surface area (Å²) in [6, 6.07) is 1.89. The third-order valence-electron chi connectivity index (χ3n) is 3.61. The maximum absolute atomic E-state index is 12.5. The Bertz CT molecular complexity index is 449. The molecule has 1 saturated heterocycles. The van der Waals surface area contributed by atoms with Gasteiger partial charge in [0.2, 0.25) is 5.91 Å². The van der Waals surface area contributed by atoms with E-state index in [0.29, 0.717) is 0 Å². The molecular weight excluding hydrogens is 236 g/mol. The second-order valence-electron chi connectivity index (χ2n) is 4.71. The molecule has 2 aliphatic rings. The molecule has 1 aromatic rings.